The molecule has 0 atom stereocenters. The maximum atomic E-state index is 6.06. The summed E-state index contributed by atoms with van der Waals surface area (Å²) >= 11 is 1.99. The van der Waals surface area contributed by atoms with Crippen LogP contribution in [0.3, 0.4) is 0 Å². The summed E-state index contributed by atoms with van der Waals surface area (Å²) in [5.74, 6) is 1.27. The summed E-state index contributed by atoms with van der Waals surface area (Å²) < 4.78 is 0. The lowest BCUT2D eigenvalue weighted by Gasteiger charge is -2.27. The SMILES string of the molecule is CN(Cc1ccc2c(c1)CCCS2)CC(C)(C)N. The van der Waals surface area contributed by atoms with Gasteiger partial charge in [0.1, 0.15) is 0 Å². The molecule has 0 saturated heterocycles. The van der Waals surface area contributed by atoms with Crippen LogP contribution in [0, 0.1) is 0 Å². The van der Waals surface area contributed by atoms with E-state index in [1.54, 1.807) is 0 Å². The third-order valence-corrected chi connectivity index (χ3v) is 4.30. The van der Waals surface area contributed by atoms with Crippen LogP contribution in [0.5, 0.6) is 0 Å². The number of fused-ring (bicyclic) bond motifs is 1. The van der Waals surface area contributed by atoms with Crippen molar-refractivity contribution in [2.45, 2.75) is 43.7 Å². The Hall–Kier alpha value is -0.510. The van der Waals surface area contributed by atoms with Crippen LogP contribution in [0.1, 0.15) is 31.4 Å². The van der Waals surface area contributed by atoms with Gasteiger partial charge in [0.05, 0.1) is 0 Å². The molecule has 18 heavy (non-hydrogen) atoms. The van der Waals surface area contributed by atoms with Crippen LogP contribution in [0.2, 0.25) is 0 Å². The van der Waals surface area contributed by atoms with Gasteiger partial charge < -0.3 is 10.6 Å². The molecule has 1 aromatic carbocycles. The van der Waals surface area contributed by atoms with Crippen LogP contribution < -0.4 is 5.73 Å². The van der Waals surface area contributed by atoms with Crippen LogP contribution in [0.25, 0.3) is 0 Å². The van der Waals surface area contributed by atoms with Gasteiger partial charge in [-0.1, -0.05) is 12.1 Å². The minimum Gasteiger partial charge on any atom is -0.324 e. The Kier molecular flexibility index (Phi) is 4.36. The Morgan fingerprint density at radius 3 is 2.89 bits per heavy atom. The van der Waals surface area contributed by atoms with Crippen molar-refractivity contribution in [2.75, 3.05) is 19.3 Å². The Labute approximate surface area is 115 Å². The van der Waals surface area contributed by atoms with Gasteiger partial charge in [0, 0.05) is 23.5 Å². The van der Waals surface area contributed by atoms with Gasteiger partial charge in [0.2, 0.25) is 0 Å². The summed E-state index contributed by atoms with van der Waals surface area (Å²) in [5.41, 5.74) is 8.87. The lowest BCUT2D eigenvalue weighted by atomic mass is 10.0. The second-order valence-electron chi connectivity index (χ2n) is 6.05. The van der Waals surface area contributed by atoms with Gasteiger partial charge in [0.25, 0.3) is 0 Å². The summed E-state index contributed by atoms with van der Waals surface area (Å²) in [6.45, 7) is 6.05. The van der Waals surface area contributed by atoms with E-state index in [0.717, 1.165) is 13.1 Å². The van der Waals surface area contributed by atoms with Crippen molar-refractivity contribution in [1.29, 1.82) is 0 Å². The summed E-state index contributed by atoms with van der Waals surface area (Å²) in [4.78, 5) is 3.78. The molecule has 0 amide bonds. The highest BCUT2D eigenvalue weighted by atomic mass is 32.2. The quantitative estimate of drug-likeness (QED) is 0.906. The zero-order valence-electron chi connectivity index (χ0n) is 11.7. The summed E-state index contributed by atoms with van der Waals surface area (Å²) in [6, 6.07) is 6.93. The lowest BCUT2D eigenvalue weighted by molar-refractivity contribution is 0.263. The lowest BCUT2D eigenvalue weighted by Crippen LogP contribution is -2.43. The Bertz CT molecular complexity index is 409. The van der Waals surface area contributed by atoms with Gasteiger partial charge in [-0.3, -0.25) is 0 Å². The van der Waals surface area contributed by atoms with Crippen molar-refractivity contribution in [3.63, 3.8) is 0 Å². The standard InChI is InChI=1S/C15H24N2S/c1-15(2,16)11-17(3)10-12-6-7-14-13(9-12)5-4-8-18-14/h6-7,9H,4-5,8,10-11,16H2,1-3H3. The number of rotatable bonds is 4. The normalized spacial score (nSPS) is 15.8. The van der Waals surface area contributed by atoms with E-state index in [-0.39, 0.29) is 5.54 Å². The summed E-state index contributed by atoms with van der Waals surface area (Å²) in [7, 11) is 2.14. The molecule has 2 N–H and O–H groups in total. The molecule has 1 aromatic rings. The molecule has 0 fully saturated rings. The molecule has 0 aromatic heterocycles. The zero-order valence-corrected chi connectivity index (χ0v) is 12.5. The average molecular weight is 264 g/mol. The first-order valence-electron chi connectivity index (χ1n) is 6.66. The fraction of sp³-hybridized carbons (Fsp3) is 0.600. The van der Waals surface area contributed by atoms with E-state index in [1.807, 2.05) is 11.8 Å². The Morgan fingerprint density at radius 2 is 2.17 bits per heavy atom. The Morgan fingerprint density at radius 1 is 1.39 bits per heavy atom. The van der Waals surface area contributed by atoms with Gasteiger partial charge >= 0.3 is 0 Å². The van der Waals surface area contributed by atoms with Gasteiger partial charge in [0.15, 0.2) is 0 Å². The van der Waals surface area contributed by atoms with E-state index in [0.29, 0.717) is 0 Å². The number of nitrogens with two attached hydrogens (primary N) is 1. The van der Waals surface area contributed by atoms with Crippen LogP contribution in [-0.4, -0.2) is 29.8 Å². The molecule has 0 saturated carbocycles. The van der Waals surface area contributed by atoms with E-state index in [4.69, 9.17) is 5.73 Å². The third-order valence-electron chi connectivity index (χ3n) is 3.10. The molecule has 100 valence electrons. The monoisotopic (exact) mass is 264 g/mol. The Balaban J connectivity index is 2.01. The first kappa shape index (κ1) is 13.9. The molecular formula is C15H24N2S. The molecule has 0 unspecified atom stereocenters. The van der Waals surface area contributed by atoms with Gasteiger partial charge in [-0.15, -0.1) is 11.8 Å². The zero-order chi connectivity index (χ0) is 13.2. The predicted molar refractivity (Wildman–Crippen MR) is 80.1 cm³/mol. The van der Waals surface area contributed by atoms with Crippen LogP contribution in [0.4, 0.5) is 0 Å². The molecule has 1 heterocycles. The molecule has 1 aliphatic heterocycles. The van der Waals surface area contributed by atoms with Gasteiger partial charge in [-0.05, 0) is 56.7 Å². The first-order valence-corrected chi connectivity index (χ1v) is 7.65. The van der Waals surface area contributed by atoms with Gasteiger partial charge in [-0.2, -0.15) is 0 Å². The van der Waals surface area contributed by atoms with Crippen molar-refractivity contribution >= 4 is 11.8 Å². The number of benzene rings is 1. The van der Waals surface area contributed by atoms with E-state index in [1.165, 1.54) is 34.6 Å². The van der Waals surface area contributed by atoms with Gasteiger partial charge in [-0.25, -0.2) is 0 Å². The molecule has 2 nitrogen and oxygen atoms in total. The number of likely N-dealkylation sites (N-methyl/N-ethyl adjacent to an activating group) is 1. The second-order valence-corrected chi connectivity index (χ2v) is 7.19. The van der Waals surface area contributed by atoms with Crippen molar-refractivity contribution in [2.24, 2.45) is 5.73 Å². The largest absolute Gasteiger partial charge is 0.324 e. The number of hydrogen-bond donors (Lipinski definition) is 1. The average Bonchev–Trinajstić information content (AvgIpc) is 2.26. The van der Waals surface area contributed by atoms with E-state index < -0.39 is 0 Å². The second kappa shape index (κ2) is 5.64. The number of nitrogens with zero attached hydrogens (tertiary/aromatic N) is 1. The molecule has 0 aliphatic carbocycles. The highest BCUT2D eigenvalue weighted by Crippen LogP contribution is 2.30. The minimum absolute atomic E-state index is 0.126. The van der Waals surface area contributed by atoms with Crippen LogP contribution >= 0.6 is 11.8 Å². The maximum absolute atomic E-state index is 6.06. The van der Waals surface area contributed by atoms with E-state index in [2.05, 4.69) is 44.0 Å². The molecule has 0 spiro atoms. The number of thioether (sulfide) groups is 1. The highest BCUT2D eigenvalue weighted by molar-refractivity contribution is 7.99. The third kappa shape index (κ3) is 4.01. The smallest absolute Gasteiger partial charge is 0.0231 e. The maximum Gasteiger partial charge on any atom is 0.0231 e. The van der Waals surface area contributed by atoms with Crippen molar-refractivity contribution in [3.05, 3.63) is 29.3 Å². The van der Waals surface area contributed by atoms with Crippen molar-refractivity contribution < 1.29 is 0 Å². The highest BCUT2D eigenvalue weighted by Gasteiger charge is 2.15. The van der Waals surface area contributed by atoms with Crippen LogP contribution in [0.15, 0.2) is 23.1 Å². The predicted octanol–water partition coefficient (Wildman–Crippen LogP) is 2.89. The molecule has 3 heteroatoms. The topological polar surface area (TPSA) is 29.3 Å². The van der Waals surface area contributed by atoms with E-state index in [9.17, 15) is 0 Å². The van der Waals surface area contributed by atoms with E-state index >= 15 is 0 Å². The fourth-order valence-corrected chi connectivity index (χ4v) is 3.59. The molecule has 0 bridgehead atoms. The number of hydrogen-bond acceptors (Lipinski definition) is 3. The minimum atomic E-state index is -0.126. The molecule has 2 rings (SSSR count). The molecule has 0 radical (unpaired) electrons. The van der Waals surface area contributed by atoms with Crippen LogP contribution in [-0.2, 0) is 13.0 Å². The summed E-state index contributed by atoms with van der Waals surface area (Å²) in [5, 5.41) is 0. The number of aryl methyl sites for hydroxylation is 1. The summed E-state index contributed by atoms with van der Waals surface area (Å²) in [6.07, 6.45) is 2.55. The molecular weight excluding hydrogens is 240 g/mol. The van der Waals surface area contributed by atoms with Crippen molar-refractivity contribution in [1.82, 2.24) is 4.90 Å². The molecule has 1 aliphatic rings. The fourth-order valence-electron chi connectivity index (χ4n) is 2.58. The first-order chi connectivity index (χ1) is 8.44. The van der Waals surface area contributed by atoms with Crippen molar-refractivity contribution in [3.8, 4) is 0 Å².